The molecular weight excluding hydrogens is 178 g/mol. The van der Waals surface area contributed by atoms with E-state index < -0.39 is 0 Å². The maximum atomic E-state index is 9.15. The fraction of sp³-hybridized carbons (Fsp3) is 0.909. The van der Waals surface area contributed by atoms with Crippen LogP contribution in [0, 0.1) is 16.7 Å². The van der Waals surface area contributed by atoms with E-state index in [1.165, 1.54) is 0 Å². The van der Waals surface area contributed by atoms with Crippen molar-refractivity contribution in [2.45, 2.75) is 39.2 Å². The number of hydrogen-bond donors (Lipinski definition) is 0. The normalized spacial score (nSPS) is 21.6. The Bertz CT molecular complexity index is 218. The van der Waals surface area contributed by atoms with Gasteiger partial charge in [-0.25, -0.2) is 0 Å². The first kappa shape index (κ1) is 11.5. The molecule has 0 radical (unpaired) electrons. The quantitative estimate of drug-likeness (QED) is 0.681. The van der Waals surface area contributed by atoms with Crippen LogP contribution >= 0.6 is 0 Å². The van der Waals surface area contributed by atoms with Crippen LogP contribution in [0.4, 0.5) is 0 Å². The number of ether oxygens (including phenoxy) is 2. The van der Waals surface area contributed by atoms with Crippen LogP contribution in [0.15, 0.2) is 0 Å². The number of nitriles is 1. The molecule has 3 heteroatoms. The van der Waals surface area contributed by atoms with Crippen molar-refractivity contribution in [2.75, 3.05) is 19.8 Å². The largest absolute Gasteiger partial charge is 0.381 e. The Hall–Kier alpha value is -0.590. The molecule has 0 amide bonds. The minimum Gasteiger partial charge on any atom is -0.381 e. The summed E-state index contributed by atoms with van der Waals surface area (Å²) < 4.78 is 10.9. The van der Waals surface area contributed by atoms with Crippen LogP contribution in [-0.4, -0.2) is 25.4 Å². The fourth-order valence-electron chi connectivity index (χ4n) is 1.41. The minimum absolute atomic E-state index is 0.165. The molecule has 0 saturated carbocycles. The third kappa shape index (κ3) is 3.28. The monoisotopic (exact) mass is 197 g/mol. The molecule has 1 rings (SSSR count). The first-order valence-corrected chi connectivity index (χ1v) is 5.10. The summed E-state index contributed by atoms with van der Waals surface area (Å²) in [5.74, 6) is 0. The Kier molecular flexibility index (Phi) is 3.52. The summed E-state index contributed by atoms with van der Waals surface area (Å²) in [4.78, 5) is 0. The second-order valence-corrected chi connectivity index (χ2v) is 4.91. The van der Waals surface area contributed by atoms with Gasteiger partial charge in [0.2, 0.25) is 0 Å². The van der Waals surface area contributed by atoms with Crippen LogP contribution in [0.2, 0.25) is 0 Å². The lowest BCUT2D eigenvalue weighted by molar-refractivity contribution is -0.0676. The van der Waals surface area contributed by atoms with E-state index >= 15 is 0 Å². The van der Waals surface area contributed by atoms with E-state index in [0.29, 0.717) is 19.8 Å². The maximum absolute atomic E-state index is 9.15. The highest BCUT2D eigenvalue weighted by Crippen LogP contribution is 2.31. The molecule has 0 N–H and O–H groups in total. The highest BCUT2D eigenvalue weighted by molar-refractivity contribution is 5.00. The van der Waals surface area contributed by atoms with Crippen molar-refractivity contribution in [1.82, 2.24) is 0 Å². The summed E-state index contributed by atoms with van der Waals surface area (Å²) in [6.07, 6.45) is 1.58. The smallest absolute Gasteiger partial charge is 0.0850 e. The van der Waals surface area contributed by atoms with Gasteiger partial charge in [0.05, 0.1) is 23.7 Å². The molecule has 0 spiro atoms. The number of nitrogens with zero attached hydrogens (tertiary/aromatic N) is 1. The molecule has 3 nitrogen and oxygen atoms in total. The van der Waals surface area contributed by atoms with E-state index in [2.05, 4.69) is 6.07 Å². The zero-order chi connectivity index (χ0) is 10.7. The zero-order valence-electron chi connectivity index (χ0n) is 9.30. The van der Waals surface area contributed by atoms with Crippen LogP contribution in [0.25, 0.3) is 0 Å². The van der Waals surface area contributed by atoms with Gasteiger partial charge in [0.1, 0.15) is 0 Å². The first-order chi connectivity index (χ1) is 6.47. The summed E-state index contributed by atoms with van der Waals surface area (Å²) in [7, 11) is 0. The summed E-state index contributed by atoms with van der Waals surface area (Å²) in [5, 5.41) is 9.15. The predicted octanol–water partition coefficient (Wildman–Crippen LogP) is 2.12. The van der Waals surface area contributed by atoms with Crippen molar-refractivity contribution in [1.29, 1.82) is 5.26 Å². The van der Waals surface area contributed by atoms with Gasteiger partial charge in [-0.2, -0.15) is 5.26 Å². The van der Waals surface area contributed by atoms with Crippen LogP contribution in [-0.2, 0) is 9.47 Å². The highest BCUT2D eigenvalue weighted by atomic mass is 16.5. The number of hydrogen-bond acceptors (Lipinski definition) is 3. The van der Waals surface area contributed by atoms with Gasteiger partial charge in [0.15, 0.2) is 0 Å². The molecular formula is C11H19NO2. The lowest BCUT2D eigenvalue weighted by Gasteiger charge is -2.33. The first-order valence-electron chi connectivity index (χ1n) is 5.10. The molecule has 0 aromatic rings. The van der Waals surface area contributed by atoms with Crippen molar-refractivity contribution < 1.29 is 9.47 Å². The van der Waals surface area contributed by atoms with Crippen molar-refractivity contribution in [3.8, 4) is 6.07 Å². The van der Waals surface area contributed by atoms with Crippen molar-refractivity contribution in [2.24, 2.45) is 5.41 Å². The molecule has 80 valence electrons. The average molecular weight is 197 g/mol. The fourth-order valence-corrected chi connectivity index (χ4v) is 1.41. The van der Waals surface area contributed by atoms with E-state index in [4.69, 9.17) is 14.7 Å². The Morgan fingerprint density at radius 3 is 2.36 bits per heavy atom. The van der Waals surface area contributed by atoms with E-state index in [-0.39, 0.29) is 11.0 Å². The molecule has 0 unspecified atom stereocenters. The molecule has 1 heterocycles. The topological polar surface area (TPSA) is 42.2 Å². The van der Waals surface area contributed by atoms with Gasteiger partial charge in [0.25, 0.3) is 0 Å². The highest BCUT2D eigenvalue weighted by Gasteiger charge is 2.34. The van der Waals surface area contributed by atoms with Gasteiger partial charge in [-0.3, -0.25) is 0 Å². The Morgan fingerprint density at radius 1 is 1.36 bits per heavy atom. The van der Waals surface area contributed by atoms with Gasteiger partial charge in [-0.1, -0.05) is 0 Å². The molecule has 1 fully saturated rings. The van der Waals surface area contributed by atoms with E-state index in [1.807, 2.05) is 20.8 Å². The van der Waals surface area contributed by atoms with E-state index in [1.54, 1.807) is 0 Å². The Labute approximate surface area is 86.0 Å². The Balaban J connectivity index is 2.50. The Morgan fingerprint density at radius 2 is 1.93 bits per heavy atom. The molecule has 0 aliphatic carbocycles. The third-order valence-corrected chi connectivity index (χ3v) is 2.47. The summed E-state index contributed by atoms with van der Waals surface area (Å²) >= 11 is 0. The zero-order valence-corrected chi connectivity index (χ0v) is 9.30. The summed E-state index contributed by atoms with van der Waals surface area (Å²) in [6.45, 7) is 7.92. The van der Waals surface area contributed by atoms with Crippen molar-refractivity contribution >= 4 is 0 Å². The van der Waals surface area contributed by atoms with Gasteiger partial charge in [0, 0.05) is 13.2 Å². The van der Waals surface area contributed by atoms with Crippen molar-refractivity contribution in [3.05, 3.63) is 0 Å². The predicted molar refractivity (Wildman–Crippen MR) is 53.8 cm³/mol. The van der Waals surface area contributed by atoms with Crippen LogP contribution < -0.4 is 0 Å². The van der Waals surface area contributed by atoms with Crippen LogP contribution in [0.1, 0.15) is 33.6 Å². The summed E-state index contributed by atoms with van der Waals surface area (Å²) in [5.41, 5.74) is -0.478. The van der Waals surface area contributed by atoms with Gasteiger partial charge < -0.3 is 9.47 Å². The lowest BCUT2D eigenvalue weighted by Crippen LogP contribution is -2.36. The second-order valence-electron chi connectivity index (χ2n) is 4.91. The van der Waals surface area contributed by atoms with Crippen molar-refractivity contribution in [3.63, 3.8) is 0 Å². The summed E-state index contributed by atoms with van der Waals surface area (Å²) in [6, 6.07) is 2.38. The molecule has 1 aliphatic rings. The maximum Gasteiger partial charge on any atom is 0.0850 e. The second kappa shape index (κ2) is 4.29. The SMILES string of the molecule is CC(C)(C)OCC1(C#N)CCOCC1. The van der Waals surface area contributed by atoms with Gasteiger partial charge >= 0.3 is 0 Å². The van der Waals surface area contributed by atoms with Crippen LogP contribution in [0.3, 0.4) is 0 Å². The molecule has 0 atom stereocenters. The molecule has 1 saturated heterocycles. The molecule has 0 aromatic carbocycles. The average Bonchev–Trinajstić information content (AvgIpc) is 2.15. The number of rotatable bonds is 2. The van der Waals surface area contributed by atoms with Gasteiger partial charge in [-0.15, -0.1) is 0 Å². The standard InChI is InChI=1S/C11H19NO2/c1-10(2,3)14-9-11(8-12)4-6-13-7-5-11/h4-7,9H2,1-3H3. The van der Waals surface area contributed by atoms with Gasteiger partial charge in [-0.05, 0) is 33.6 Å². The third-order valence-electron chi connectivity index (χ3n) is 2.47. The van der Waals surface area contributed by atoms with Crippen LogP contribution in [0.5, 0.6) is 0 Å². The van der Waals surface area contributed by atoms with E-state index in [0.717, 1.165) is 12.8 Å². The molecule has 14 heavy (non-hydrogen) atoms. The lowest BCUT2D eigenvalue weighted by atomic mass is 9.82. The molecule has 0 bridgehead atoms. The molecule has 1 aliphatic heterocycles. The molecule has 0 aromatic heterocycles. The van der Waals surface area contributed by atoms with E-state index in [9.17, 15) is 0 Å². The minimum atomic E-state index is -0.314.